The monoisotopic (exact) mass is 146 g/mol. The van der Waals surface area contributed by atoms with Crippen LogP contribution in [0.15, 0.2) is 0 Å². The molecule has 0 amide bonds. The minimum Gasteiger partial charge on any atom is -0.396 e. The maximum absolute atomic E-state index is 9.22. The van der Waals surface area contributed by atoms with Gasteiger partial charge in [0.05, 0.1) is 6.10 Å². The molecule has 3 atom stereocenters. The second-order valence-corrected chi connectivity index (χ2v) is 3.03. The molecule has 1 fully saturated rings. The van der Waals surface area contributed by atoms with Gasteiger partial charge in [-0.05, 0) is 18.8 Å². The van der Waals surface area contributed by atoms with Crippen molar-refractivity contribution < 1.29 is 15.3 Å². The van der Waals surface area contributed by atoms with Gasteiger partial charge in [0, 0.05) is 19.1 Å². The molecule has 3 nitrogen and oxygen atoms in total. The molecule has 1 aliphatic rings. The molecular formula is C7H14O3. The highest BCUT2D eigenvalue weighted by Gasteiger charge is 2.31. The molecule has 0 heterocycles. The molecule has 10 heavy (non-hydrogen) atoms. The van der Waals surface area contributed by atoms with Gasteiger partial charge in [0.2, 0.25) is 0 Å². The first-order chi connectivity index (χ1) is 4.77. The first kappa shape index (κ1) is 7.98. The first-order valence-corrected chi connectivity index (χ1v) is 3.67. The summed E-state index contributed by atoms with van der Waals surface area (Å²) >= 11 is 0. The smallest absolute Gasteiger partial charge is 0.0593 e. The van der Waals surface area contributed by atoms with Gasteiger partial charge in [0.25, 0.3) is 0 Å². The van der Waals surface area contributed by atoms with Gasteiger partial charge < -0.3 is 15.3 Å². The number of hydrogen-bond donors (Lipinski definition) is 3. The van der Waals surface area contributed by atoms with Gasteiger partial charge in [0.15, 0.2) is 0 Å². The molecule has 60 valence electrons. The van der Waals surface area contributed by atoms with Crippen molar-refractivity contribution in [1.82, 2.24) is 0 Å². The standard InChI is InChI=1S/C7H14O3/c8-3-5-1-6(4-9)7(10)2-5/h5-10H,1-4H2/t5-,6+,7-/m0/s1. The summed E-state index contributed by atoms with van der Waals surface area (Å²) in [6, 6.07) is 0. The highest BCUT2D eigenvalue weighted by molar-refractivity contribution is 4.81. The van der Waals surface area contributed by atoms with Crippen molar-refractivity contribution in [3.8, 4) is 0 Å². The normalized spacial score (nSPS) is 40.5. The zero-order chi connectivity index (χ0) is 7.56. The number of rotatable bonds is 2. The van der Waals surface area contributed by atoms with Gasteiger partial charge in [-0.1, -0.05) is 0 Å². The molecule has 0 bridgehead atoms. The van der Waals surface area contributed by atoms with Crippen LogP contribution >= 0.6 is 0 Å². The third-order valence-corrected chi connectivity index (χ3v) is 2.25. The quantitative estimate of drug-likeness (QED) is 0.485. The third kappa shape index (κ3) is 1.48. The SMILES string of the molecule is OC[C@H]1C[C@H](CO)[C@@H](O)C1. The Morgan fingerprint density at radius 3 is 2.10 bits per heavy atom. The van der Waals surface area contributed by atoms with E-state index in [1.807, 2.05) is 0 Å². The van der Waals surface area contributed by atoms with Crippen molar-refractivity contribution in [2.75, 3.05) is 13.2 Å². The van der Waals surface area contributed by atoms with Crippen LogP contribution < -0.4 is 0 Å². The minimum atomic E-state index is -0.401. The number of hydrogen-bond acceptors (Lipinski definition) is 3. The van der Waals surface area contributed by atoms with Crippen LogP contribution in [0.5, 0.6) is 0 Å². The molecule has 0 spiro atoms. The summed E-state index contributed by atoms with van der Waals surface area (Å²) in [6.07, 6.45) is 0.998. The summed E-state index contributed by atoms with van der Waals surface area (Å²) in [7, 11) is 0. The highest BCUT2D eigenvalue weighted by atomic mass is 16.3. The van der Waals surface area contributed by atoms with Gasteiger partial charge in [-0.25, -0.2) is 0 Å². The van der Waals surface area contributed by atoms with Crippen LogP contribution in [-0.4, -0.2) is 34.6 Å². The minimum absolute atomic E-state index is 0.00264. The van der Waals surface area contributed by atoms with E-state index in [0.717, 1.165) is 6.42 Å². The summed E-state index contributed by atoms with van der Waals surface area (Å²) in [5.41, 5.74) is 0. The Hall–Kier alpha value is -0.120. The van der Waals surface area contributed by atoms with E-state index in [1.54, 1.807) is 0 Å². The van der Waals surface area contributed by atoms with E-state index in [9.17, 15) is 5.11 Å². The first-order valence-electron chi connectivity index (χ1n) is 3.67. The second kappa shape index (κ2) is 3.32. The fourth-order valence-corrected chi connectivity index (χ4v) is 1.56. The average molecular weight is 146 g/mol. The van der Waals surface area contributed by atoms with Gasteiger partial charge in [-0.15, -0.1) is 0 Å². The Morgan fingerprint density at radius 2 is 1.80 bits per heavy atom. The molecule has 1 aliphatic carbocycles. The number of aliphatic hydroxyl groups excluding tert-OH is 3. The van der Waals surface area contributed by atoms with E-state index in [4.69, 9.17) is 10.2 Å². The maximum Gasteiger partial charge on any atom is 0.0593 e. The zero-order valence-electron chi connectivity index (χ0n) is 5.90. The lowest BCUT2D eigenvalue weighted by Gasteiger charge is -2.08. The molecule has 0 aliphatic heterocycles. The van der Waals surface area contributed by atoms with Crippen LogP contribution in [-0.2, 0) is 0 Å². The Bertz CT molecular complexity index is 105. The predicted molar refractivity (Wildman–Crippen MR) is 36.4 cm³/mol. The summed E-state index contributed by atoms with van der Waals surface area (Å²) in [5, 5.41) is 26.6. The van der Waals surface area contributed by atoms with Crippen molar-refractivity contribution in [1.29, 1.82) is 0 Å². The van der Waals surface area contributed by atoms with Crippen LogP contribution in [0.25, 0.3) is 0 Å². The average Bonchev–Trinajstić information content (AvgIpc) is 2.30. The fraction of sp³-hybridized carbons (Fsp3) is 1.00. The van der Waals surface area contributed by atoms with Crippen molar-refractivity contribution >= 4 is 0 Å². The van der Waals surface area contributed by atoms with Crippen LogP contribution in [0.4, 0.5) is 0 Å². The van der Waals surface area contributed by atoms with E-state index in [1.165, 1.54) is 0 Å². The fourth-order valence-electron chi connectivity index (χ4n) is 1.56. The predicted octanol–water partition coefficient (Wildman–Crippen LogP) is -0.642. The van der Waals surface area contributed by atoms with Crippen molar-refractivity contribution in [2.24, 2.45) is 11.8 Å². The molecule has 0 unspecified atom stereocenters. The molecule has 3 N–H and O–H groups in total. The zero-order valence-corrected chi connectivity index (χ0v) is 5.90. The molecular weight excluding hydrogens is 132 g/mol. The lowest BCUT2D eigenvalue weighted by molar-refractivity contribution is 0.0902. The summed E-state index contributed by atoms with van der Waals surface area (Å²) in [6.45, 7) is 0.172. The van der Waals surface area contributed by atoms with Crippen LogP contribution in [0.2, 0.25) is 0 Å². The van der Waals surface area contributed by atoms with E-state index < -0.39 is 6.10 Å². The number of aliphatic hydroxyl groups is 3. The summed E-state index contributed by atoms with van der Waals surface area (Å²) in [4.78, 5) is 0. The van der Waals surface area contributed by atoms with Crippen molar-refractivity contribution in [2.45, 2.75) is 18.9 Å². The Balaban J connectivity index is 2.36. The molecule has 3 heteroatoms. The summed E-state index contributed by atoms with van der Waals surface area (Å²) in [5.74, 6) is 0.198. The lowest BCUT2D eigenvalue weighted by Crippen LogP contribution is -2.16. The van der Waals surface area contributed by atoms with Gasteiger partial charge in [-0.2, -0.15) is 0 Å². The summed E-state index contributed by atoms with van der Waals surface area (Å²) < 4.78 is 0. The van der Waals surface area contributed by atoms with Crippen LogP contribution in [0.1, 0.15) is 12.8 Å². The molecule has 0 saturated heterocycles. The lowest BCUT2D eigenvalue weighted by atomic mass is 10.1. The second-order valence-electron chi connectivity index (χ2n) is 3.03. The highest BCUT2D eigenvalue weighted by Crippen LogP contribution is 2.30. The Labute approximate surface area is 60.3 Å². The third-order valence-electron chi connectivity index (χ3n) is 2.25. The van der Waals surface area contributed by atoms with Crippen molar-refractivity contribution in [3.05, 3.63) is 0 Å². The molecule has 1 rings (SSSR count). The molecule has 0 aromatic carbocycles. The van der Waals surface area contributed by atoms with Crippen molar-refractivity contribution in [3.63, 3.8) is 0 Å². The largest absolute Gasteiger partial charge is 0.396 e. The molecule has 0 radical (unpaired) electrons. The Kier molecular flexibility index (Phi) is 2.65. The Morgan fingerprint density at radius 1 is 1.10 bits per heavy atom. The van der Waals surface area contributed by atoms with Crippen LogP contribution in [0, 0.1) is 11.8 Å². The molecule has 0 aromatic rings. The van der Waals surface area contributed by atoms with Crippen LogP contribution in [0.3, 0.4) is 0 Å². The van der Waals surface area contributed by atoms with Gasteiger partial charge in [-0.3, -0.25) is 0 Å². The van der Waals surface area contributed by atoms with E-state index in [0.29, 0.717) is 6.42 Å². The van der Waals surface area contributed by atoms with E-state index >= 15 is 0 Å². The van der Waals surface area contributed by atoms with E-state index in [2.05, 4.69) is 0 Å². The maximum atomic E-state index is 9.22. The topological polar surface area (TPSA) is 60.7 Å². The molecule has 0 aromatic heterocycles. The van der Waals surface area contributed by atoms with Gasteiger partial charge >= 0.3 is 0 Å². The molecule has 1 saturated carbocycles. The van der Waals surface area contributed by atoms with E-state index in [-0.39, 0.29) is 25.0 Å². The van der Waals surface area contributed by atoms with Gasteiger partial charge in [0.1, 0.15) is 0 Å².